The molecule has 3 atom stereocenters. The Hall–Kier alpha value is -2.48. The largest absolute Gasteiger partial charge is 0.493 e. The maximum absolute atomic E-state index is 12.9. The summed E-state index contributed by atoms with van der Waals surface area (Å²) in [5.41, 5.74) is 2.08. The topological polar surface area (TPSA) is 66.1 Å². The molecule has 2 aliphatic heterocycles. The van der Waals surface area contributed by atoms with Gasteiger partial charge in [-0.1, -0.05) is 23.7 Å². The fourth-order valence-corrected chi connectivity index (χ4v) is 7.07. The van der Waals surface area contributed by atoms with E-state index in [4.69, 9.17) is 21.1 Å². The van der Waals surface area contributed by atoms with Crippen LogP contribution < -0.4 is 20.1 Å². The van der Waals surface area contributed by atoms with Crippen LogP contribution >= 0.6 is 11.6 Å². The fraction of sp³-hybridized carbons (Fsp3) is 0.552. The van der Waals surface area contributed by atoms with Gasteiger partial charge in [0, 0.05) is 34.3 Å². The summed E-state index contributed by atoms with van der Waals surface area (Å²) < 4.78 is 11.2. The van der Waals surface area contributed by atoms with Crippen LogP contribution in [0.3, 0.4) is 0 Å². The first kappa shape index (κ1) is 26.1. The molecule has 2 saturated heterocycles. The second-order valence-electron chi connectivity index (χ2n) is 10.8. The van der Waals surface area contributed by atoms with Gasteiger partial charge in [0.25, 0.3) is 0 Å². The third-order valence-electron chi connectivity index (χ3n) is 8.83. The highest BCUT2D eigenvalue weighted by atomic mass is 35.5. The van der Waals surface area contributed by atoms with E-state index in [1.54, 1.807) is 26.4 Å². The van der Waals surface area contributed by atoms with Gasteiger partial charge in [0.1, 0.15) is 0 Å². The summed E-state index contributed by atoms with van der Waals surface area (Å²) in [6, 6.07) is 14.6. The number of nitrogens with zero attached hydrogens (tertiary/aromatic N) is 2. The van der Waals surface area contributed by atoms with Crippen molar-refractivity contribution in [2.24, 2.45) is 0 Å². The predicted molar refractivity (Wildman–Crippen MR) is 148 cm³/mol. The number of benzene rings is 2. The van der Waals surface area contributed by atoms with Crippen LogP contribution in [0.15, 0.2) is 42.5 Å². The maximum Gasteiger partial charge on any atom is 0.319 e. The molecule has 200 valence electrons. The van der Waals surface area contributed by atoms with Crippen LogP contribution in [0, 0.1) is 0 Å². The number of hydrogen-bond acceptors (Lipinski definition) is 5. The zero-order chi connectivity index (χ0) is 26.0. The summed E-state index contributed by atoms with van der Waals surface area (Å²) in [6.07, 6.45) is 6.42. The van der Waals surface area contributed by atoms with Crippen molar-refractivity contribution in [2.75, 3.05) is 46.2 Å². The molecule has 0 radical (unpaired) electrons. The normalized spacial score (nSPS) is 26.9. The van der Waals surface area contributed by atoms with Crippen LogP contribution in [-0.2, 0) is 5.41 Å². The number of carbonyl (C=O) groups is 1. The maximum atomic E-state index is 12.9. The van der Waals surface area contributed by atoms with Gasteiger partial charge >= 0.3 is 6.03 Å². The standard InChI is InChI=1S/C29H39ClN4O3/c1-33-14-10-24(11-15-33)34-16-13-29(20-7-8-25(36-2)26(17-20)37-3)12-9-23(19-27(29)34)32-28(35)31-22-6-4-5-21(30)18-22/h4-8,17-18,23-24,27H,9-16,19H2,1-3H3,(H2,31,32,35)/t23-,27+,29+/m1/s1. The lowest BCUT2D eigenvalue weighted by Crippen LogP contribution is -2.56. The number of halogens is 1. The first-order chi connectivity index (χ1) is 17.9. The molecule has 8 heteroatoms. The average Bonchev–Trinajstić information content (AvgIpc) is 3.28. The van der Waals surface area contributed by atoms with E-state index >= 15 is 0 Å². The van der Waals surface area contributed by atoms with Gasteiger partial charge in [-0.25, -0.2) is 4.79 Å². The molecule has 0 bridgehead atoms. The van der Waals surface area contributed by atoms with E-state index < -0.39 is 0 Å². The summed E-state index contributed by atoms with van der Waals surface area (Å²) in [4.78, 5) is 18.1. The molecule has 2 heterocycles. The number of anilines is 1. The summed E-state index contributed by atoms with van der Waals surface area (Å²) in [6.45, 7) is 3.37. The minimum atomic E-state index is -0.172. The van der Waals surface area contributed by atoms with Crippen molar-refractivity contribution in [1.29, 1.82) is 0 Å². The number of methoxy groups -OCH3 is 2. The molecule has 1 aliphatic carbocycles. The molecule has 1 saturated carbocycles. The number of fused-ring (bicyclic) bond motifs is 1. The Morgan fingerprint density at radius 3 is 2.51 bits per heavy atom. The van der Waals surface area contributed by atoms with Gasteiger partial charge in [0.15, 0.2) is 11.5 Å². The van der Waals surface area contributed by atoms with Crippen LogP contribution in [0.4, 0.5) is 10.5 Å². The monoisotopic (exact) mass is 526 g/mol. The van der Waals surface area contributed by atoms with E-state index in [9.17, 15) is 4.79 Å². The van der Waals surface area contributed by atoms with Gasteiger partial charge in [-0.3, -0.25) is 4.90 Å². The van der Waals surface area contributed by atoms with Gasteiger partial charge in [-0.15, -0.1) is 0 Å². The molecule has 5 rings (SSSR count). The number of urea groups is 1. The first-order valence-electron chi connectivity index (χ1n) is 13.4. The van der Waals surface area contributed by atoms with Crippen LogP contribution in [0.1, 0.15) is 44.1 Å². The van der Waals surface area contributed by atoms with E-state index in [2.05, 4.69) is 39.6 Å². The van der Waals surface area contributed by atoms with Gasteiger partial charge < -0.3 is 25.0 Å². The third kappa shape index (κ3) is 5.40. The Kier molecular flexibility index (Phi) is 7.84. The summed E-state index contributed by atoms with van der Waals surface area (Å²) in [7, 11) is 5.60. The number of rotatable bonds is 6. The zero-order valence-corrected chi connectivity index (χ0v) is 22.9. The Balaban J connectivity index is 1.37. The van der Waals surface area contributed by atoms with Crippen molar-refractivity contribution in [3.05, 3.63) is 53.1 Å². The average molecular weight is 527 g/mol. The molecule has 0 unspecified atom stereocenters. The second kappa shape index (κ2) is 11.1. The van der Waals surface area contributed by atoms with E-state index in [-0.39, 0.29) is 17.5 Å². The van der Waals surface area contributed by atoms with Gasteiger partial charge in [-0.2, -0.15) is 0 Å². The molecule has 7 nitrogen and oxygen atoms in total. The van der Waals surface area contributed by atoms with Crippen molar-refractivity contribution in [3.8, 4) is 11.5 Å². The number of piperidine rings is 1. The SMILES string of the molecule is COc1ccc([C@@]23CC[C@@H](NC(=O)Nc4cccc(Cl)c4)C[C@@H]2N(C2CCN(C)CC2)CC3)cc1OC. The molecule has 2 aromatic carbocycles. The van der Waals surface area contributed by atoms with E-state index in [1.165, 1.54) is 18.4 Å². The molecule has 3 fully saturated rings. The molecule has 0 spiro atoms. The number of likely N-dealkylation sites (tertiary alicyclic amines) is 2. The van der Waals surface area contributed by atoms with Gasteiger partial charge in [0.05, 0.1) is 14.2 Å². The molecule has 3 aliphatic rings. The minimum absolute atomic E-state index is 0.0461. The van der Waals surface area contributed by atoms with Crippen molar-refractivity contribution in [3.63, 3.8) is 0 Å². The van der Waals surface area contributed by atoms with Crippen molar-refractivity contribution < 1.29 is 14.3 Å². The Labute approximate surface area is 225 Å². The highest BCUT2D eigenvalue weighted by Crippen LogP contribution is 2.51. The Bertz CT molecular complexity index is 1110. The van der Waals surface area contributed by atoms with E-state index in [0.717, 1.165) is 56.8 Å². The molecule has 0 aromatic heterocycles. The first-order valence-corrected chi connectivity index (χ1v) is 13.8. The summed E-state index contributed by atoms with van der Waals surface area (Å²) in [5, 5.41) is 6.83. The number of hydrogen-bond donors (Lipinski definition) is 2. The zero-order valence-electron chi connectivity index (χ0n) is 22.1. The lowest BCUT2D eigenvalue weighted by atomic mass is 9.65. The highest BCUT2D eigenvalue weighted by molar-refractivity contribution is 6.30. The quantitative estimate of drug-likeness (QED) is 0.545. The molecular formula is C29H39ClN4O3. The predicted octanol–water partition coefficient (Wildman–Crippen LogP) is 5.14. The summed E-state index contributed by atoms with van der Waals surface area (Å²) >= 11 is 6.10. The van der Waals surface area contributed by atoms with Crippen LogP contribution in [0.5, 0.6) is 11.5 Å². The highest BCUT2D eigenvalue weighted by Gasteiger charge is 2.53. The lowest BCUT2D eigenvalue weighted by molar-refractivity contribution is 0.0673. The van der Waals surface area contributed by atoms with Crippen LogP contribution in [0.25, 0.3) is 0 Å². The van der Waals surface area contributed by atoms with Crippen molar-refractivity contribution in [1.82, 2.24) is 15.1 Å². The summed E-state index contributed by atoms with van der Waals surface area (Å²) in [5.74, 6) is 1.55. The number of nitrogens with one attached hydrogen (secondary N) is 2. The Morgan fingerprint density at radius 1 is 1.00 bits per heavy atom. The lowest BCUT2D eigenvalue weighted by Gasteiger charge is -2.48. The van der Waals surface area contributed by atoms with Crippen molar-refractivity contribution >= 4 is 23.3 Å². The van der Waals surface area contributed by atoms with E-state index in [0.29, 0.717) is 22.8 Å². The van der Waals surface area contributed by atoms with Gasteiger partial charge in [-0.05, 0) is 101 Å². The number of ether oxygens (including phenoxy) is 2. The minimum Gasteiger partial charge on any atom is -0.493 e. The molecule has 2 amide bonds. The van der Waals surface area contributed by atoms with E-state index in [1.807, 2.05) is 18.2 Å². The fourth-order valence-electron chi connectivity index (χ4n) is 6.88. The molecule has 37 heavy (non-hydrogen) atoms. The Morgan fingerprint density at radius 2 is 1.78 bits per heavy atom. The van der Waals surface area contributed by atoms with Crippen LogP contribution in [-0.4, -0.2) is 74.9 Å². The molecule has 2 N–H and O–H groups in total. The number of carbonyl (C=O) groups excluding carboxylic acids is 1. The van der Waals surface area contributed by atoms with Crippen LogP contribution in [0.2, 0.25) is 5.02 Å². The number of amides is 2. The smallest absolute Gasteiger partial charge is 0.319 e. The molecule has 2 aromatic rings. The molecular weight excluding hydrogens is 488 g/mol. The third-order valence-corrected chi connectivity index (χ3v) is 9.07. The second-order valence-corrected chi connectivity index (χ2v) is 11.3. The van der Waals surface area contributed by atoms with Gasteiger partial charge in [0.2, 0.25) is 0 Å². The van der Waals surface area contributed by atoms with Crippen molar-refractivity contribution in [2.45, 2.75) is 62.1 Å².